The Morgan fingerprint density at radius 3 is 2.67 bits per heavy atom. The lowest BCUT2D eigenvalue weighted by Gasteiger charge is -2.43. The van der Waals surface area contributed by atoms with Crippen LogP contribution >= 0.6 is 0 Å². The van der Waals surface area contributed by atoms with Gasteiger partial charge in [-0.05, 0) is 56.4 Å². The molecule has 1 unspecified atom stereocenters. The van der Waals surface area contributed by atoms with Gasteiger partial charge in [-0.2, -0.15) is 0 Å². The van der Waals surface area contributed by atoms with E-state index in [9.17, 15) is 19.8 Å². The summed E-state index contributed by atoms with van der Waals surface area (Å²) in [6.07, 6.45) is 7.62. The molecule has 0 saturated carbocycles. The third-order valence-corrected chi connectivity index (χ3v) is 7.02. The van der Waals surface area contributed by atoms with Gasteiger partial charge in [0.25, 0.3) is 0 Å². The summed E-state index contributed by atoms with van der Waals surface area (Å²) in [5.41, 5.74) is 1.21. The van der Waals surface area contributed by atoms with Crippen molar-refractivity contribution in [2.75, 3.05) is 0 Å². The van der Waals surface area contributed by atoms with E-state index in [1.54, 1.807) is 13.8 Å². The zero-order valence-corrected chi connectivity index (χ0v) is 18.5. The van der Waals surface area contributed by atoms with Crippen LogP contribution in [0.4, 0.5) is 0 Å². The summed E-state index contributed by atoms with van der Waals surface area (Å²) in [4.78, 5) is 24.3. The fraction of sp³-hybridized carbons (Fsp3) is 0.750. The van der Waals surface area contributed by atoms with Crippen molar-refractivity contribution < 1.29 is 29.3 Å². The van der Waals surface area contributed by atoms with Crippen LogP contribution in [0, 0.1) is 29.6 Å². The fourth-order valence-electron chi connectivity index (χ4n) is 5.09. The SMILES string of the molecule is CC(O)[C@H](C)C(=O)O[C@H]1C[C@@H](C)C=C2C=C[C@H](C)[C@H](CC[C@@H]3C[C@@H](O)CC(=O)O3)[C@H]21. The van der Waals surface area contributed by atoms with E-state index in [2.05, 4.69) is 32.1 Å². The van der Waals surface area contributed by atoms with Gasteiger partial charge in [0.15, 0.2) is 0 Å². The predicted octanol–water partition coefficient (Wildman–Crippen LogP) is 3.17. The molecule has 0 spiro atoms. The second-order valence-corrected chi connectivity index (χ2v) is 9.58. The molecule has 0 radical (unpaired) electrons. The molecule has 1 aliphatic heterocycles. The van der Waals surface area contributed by atoms with Crippen LogP contribution in [0.15, 0.2) is 23.8 Å². The Labute approximate surface area is 179 Å². The average molecular weight is 421 g/mol. The maximum absolute atomic E-state index is 12.6. The van der Waals surface area contributed by atoms with E-state index in [0.29, 0.717) is 24.7 Å². The summed E-state index contributed by atoms with van der Waals surface area (Å²) < 4.78 is 11.4. The summed E-state index contributed by atoms with van der Waals surface area (Å²) in [6.45, 7) is 7.61. The monoisotopic (exact) mass is 420 g/mol. The Bertz CT molecular complexity index is 696. The molecule has 0 aromatic rings. The van der Waals surface area contributed by atoms with Crippen molar-refractivity contribution >= 4 is 11.9 Å². The number of aliphatic hydroxyl groups excluding tert-OH is 2. The molecular formula is C24H36O6. The van der Waals surface area contributed by atoms with Gasteiger partial charge < -0.3 is 19.7 Å². The highest BCUT2D eigenvalue weighted by Crippen LogP contribution is 2.45. The Hall–Kier alpha value is -1.66. The lowest BCUT2D eigenvalue weighted by Crippen LogP contribution is -2.42. The van der Waals surface area contributed by atoms with Crippen LogP contribution in [0.5, 0.6) is 0 Å². The number of hydrogen-bond acceptors (Lipinski definition) is 6. The molecule has 30 heavy (non-hydrogen) atoms. The second kappa shape index (κ2) is 9.65. The van der Waals surface area contributed by atoms with Crippen molar-refractivity contribution in [1.82, 2.24) is 0 Å². The first-order chi connectivity index (χ1) is 14.2. The number of ether oxygens (including phenoxy) is 2. The number of fused-ring (bicyclic) bond motifs is 1. The standard InChI is InChI=1S/C24H36O6/c1-13-9-17-6-5-14(2)20(8-7-19-11-18(26)12-22(27)29-19)23(17)21(10-13)30-24(28)15(3)16(4)25/h5-6,9,13-16,18-21,23,25-26H,7-8,10-12H2,1-4H3/t13-,14-,15-,16?,18+,19+,20-,21-,23-/m0/s1. The normalized spacial score (nSPS) is 38.1. The average Bonchev–Trinajstić information content (AvgIpc) is 2.65. The summed E-state index contributed by atoms with van der Waals surface area (Å²) in [5.74, 6) is -0.283. The second-order valence-electron chi connectivity index (χ2n) is 9.58. The van der Waals surface area contributed by atoms with Gasteiger partial charge in [0, 0.05) is 12.3 Å². The molecule has 0 bridgehead atoms. The zero-order valence-electron chi connectivity index (χ0n) is 18.5. The third-order valence-electron chi connectivity index (χ3n) is 7.02. The first kappa shape index (κ1) is 23.0. The smallest absolute Gasteiger partial charge is 0.311 e. The highest BCUT2D eigenvalue weighted by Gasteiger charge is 2.42. The molecule has 0 aromatic heterocycles. The molecule has 3 aliphatic rings. The van der Waals surface area contributed by atoms with E-state index < -0.39 is 18.1 Å². The van der Waals surface area contributed by atoms with Gasteiger partial charge in [-0.15, -0.1) is 0 Å². The minimum absolute atomic E-state index is 0.0754. The van der Waals surface area contributed by atoms with E-state index >= 15 is 0 Å². The Balaban J connectivity index is 1.74. The molecular weight excluding hydrogens is 384 g/mol. The number of carbonyl (C=O) groups excluding carboxylic acids is 2. The number of esters is 2. The molecule has 9 atom stereocenters. The van der Waals surface area contributed by atoms with Gasteiger partial charge in [-0.1, -0.05) is 32.1 Å². The molecule has 0 amide bonds. The summed E-state index contributed by atoms with van der Waals surface area (Å²) in [5, 5.41) is 19.7. The van der Waals surface area contributed by atoms with Crippen molar-refractivity contribution in [3.63, 3.8) is 0 Å². The maximum atomic E-state index is 12.6. The van der Waals surface area contributed by atoms with E-state index in [-0.39, 0.29) is 42.4 Å². The zero-order chi connectivity index (χ0) is 22.0. The first-order valence-electron chi connectivity index (χ1n) is 11.3. The van der Waals surface area contributed by atoms with Crippen LogP contribution in [-0.4, -0.2) is 46.6 Å². The molecule has 3 rings (SSSR count). The minimum atomic E-state index is -0.748. The topological polar surface area (TPSA) is 93.1 Å². The number of carbonyl (C=O) groups is 2. The van der Waals surface area contributed by atoms with Gasteiger partial charge in [0.2, 0.25) is 0 Å². The van der Waals surface area contributed by atoms with Crippen molar-refractivity contribution in [1.29, 1.82) is 0 Å². The molecule has 1 heterocycles. The van der Waals surface area contributed by atoms with Crippen molar-refractivity contribution in [2.45, 2.75) is 84.2 Å². The molecule has 2 N–H and O–H groups in total. The Morgan fingerprint density at radius 1 is 1.27 bits per heavy atom. The van der Waals surface area contributed by atoms with Gasteiger partial charge in [-0.25, -0.2) is 0 Å². The molecule has 168 valence electrons. The van der Waals surface area contributed by atoms with E-state index in [1.807, 2.05) is 0 Å². The van der Waals surface area contributed by atoms with Gasteiger partial charge in [0.05, 0.1) is 24.5 Å². The lowest BCUT2D eigenvalue weighted by molar-refractivity contribution is -0.164. The number of rotatable bonds is 6. The van der Waals surface area contributed by atoms with Crippen molar-refractivity contribution in [3.05, 3.63) is 23.8 Å². The quantitative estimate of drug-likeness (QED) is 0.641. The predicted molar refractivity (Wildman–Crippen MR) is 112 cm³/mol. The summed E-state index contributed by atoms with van der Waals surface area (Å²) in [6, 6.07) is 0. The van der Waals surface area contributed by atoms with E-state index in [4.69, 9.17) is 9.47 Å². The third kappa shape index (κ3) is 5.33. The molecule has 0 aromatic carbocycles. The fourth-order valence-corrected chi connectivity index (χ4v) is 5.09. The largest absolute Gasteiger partial charge is 0.462 e. The van der Waals surface area contributed by atoms with Gasteiger partial charge >= 0.3 is 11.9 Å². The van der Waals surface area contributed by atoms with Crippen LogP contribution in [0.25, 0.3) is 0 Å². The van der Waals surface area contributed by atoms with Gasteiger partial charge in [0.1, 0.15) is 12.2 Å². The molecule has 6 heteroatoms. The minimum Gasteiger partial charge on any atom is -0.462 e. The number of cyclic esters (lactones) is 1. The molecule has 1 saturated heterocycles. The van der Waals surface area contributed by atoms with E-state index in [1.165, 1.54) is 5.57 Å². The Morgan fingerprint density at radius 2 is 2.00 bits per heavy atom. The van der Waals surface area contributed by atoms with Crippen LogP contribution in [-0.2, 0) is 19.1 Å². The van der Waals surface area contributed by atoms with Crippen LogP contribution in [0.3, 0.4) is 0 Å². The Kier molecular flexibility index (Phi) is 7.40. The van der Waals surface area contributed by atoms with Gasteiger partial charge in [-0.3, -0.25) is 9.59 Å². The number of hydrogen-bond donors (Lipinski definition) is 2. The first-order valence-corrected chi connectivity index (χ1v) is 11.3. The van der Waals surface area contributed by atoms with Crippen LogP contribution in [0.1, 0.15) is 59.8 Å². The highest BCUT2D eigenvalue weighted by molar-refractivity contribution is 5.73. The highest BCUT2D eigenvalue weighted by atomic mass is 16.6. The molecule has 6 nitrogen and oxygen atoms in total. The number of allylic oxidation sites excluding steroid dienone is 3. The lowest BCUT2D eigenvalue weighted by atomic mass is 9.65. The summed E-state index contributed by atoms with van der Waals surface area (Å²) in [7, 11) is 0. The number of aliphatic hydroxyl groups is 2. The maximum Gasteiger partial charge on any atom is 0.311 e. The van der Waals surface area contributed by atoms with Crippen molar-refractivity contribution in [2.24, 2.45) is 29.6 Å². The van der Waals surface area contributed by atoms with Crippen LogP contribution in [0.2, 0.25) is 0 Å². The summed E-state index contributed by atoms with van der Waals surface area (Å²) >= 11 is 0. The van der Waals surface area contributed by atoms with E-state index in [0.717, 1.165) is 12.8 Å². The molecule has 2 aliphatic carbocycles. The van der Waals surface area contributed by atoms with Crippen LogP contribution < -0.4 is 0 Å². The molecule has 1 fully saturated rings. The van der Waals surface area contributed by atoms with Crippen molar-refractivity contribution in [3.8, 4) is 0 Å².